The van der Waals surface area contributed by atoms with Crippen LogP contribution in [0.15, 0.2) is 11.6 Å². The predicted molar refractivity (Wildman–Crippen MR) is 61.3 cm³/mol. The van der Waals surface area contributed by atoms with Crippen molar-refractivity contribution in [1.82, 2.24) is 0 Å². The molecule has 0 fully saturated rings. The monoisotopic (exact) mass is 228 g/mol. The largest absolute Gasteiger partial charge is 0.481 e. The van der Waals surface area contributed by atoms with Gasteiger partial charge in [-0.05, 0) is 18.8 Å². The zero-order chi connectivity index (χ0) is 12.6. The van der Waals surface area contributed by atoms with Gasteiger partial charge in [-0.1, -0.05) is 32.8 Å². The number of allylic oxidation sites excluding steroid dienone is 1. The van der Waals surface area contributed by atoms with Crippen LogP contribution in [0, 0.1) is 5.92 Å². The lowest BCUT2D eigenvalue weighted by Gasteiger charge is -2.10. The minimum atomic E-state index is -1.13. The van der Waals surface area contributed by atoms with Gasteiger partial charge in [0.2, 0.25) is 0 Å². The second kappa shape index (κ2) is 7.91. The molecule has 0 heterocycles. The molecule has 16 heavy (non-hydrogen) atoms. The molecule has 0 spiro atoms. The van der Waals surface area contributed by atoms with E-state index in [1.807, 2.05) is 6.92 Å². The summed E-state index contributed by atoms with van der Waals surface area (Å²) in [7, 11) is 0. The fourth-order valence-corrected chi connectivity index (χ4v) is 1.52. The molecule has 1 atom stereocenters. The van der Waals surface area contributed by atoms with Gasteiger partial charge in [0, 0.05) is 5.57 Å². The summed E-state index contributed by atoms with van der Waals surface area (Å²) in [5, 5.41) is 17.5. The van der Waals surface area contributed by atoms with Crippen molar-refractivity contribution in [2.24, 2.45) is 5.92 Å². The Bertz CT molecular complexity index is 268. The van der Waals surface area contributed by atoms with E-state index in [-0.39, 0.29) is 11.5 Å². The van der Waals surface area contributed by atoms with Crippen molar-refractivity contribution in [3.63, 3.8) is 0 Å². The molecule has 4 heteroatoms. The van der Waals surface area contributed by atoms with E-state index in [0.29, 0.717) is 0 Å². The number of rotatable bonds is 8. The molecule has 0 saturated carbocycles. The average molecular weight is 228 g/mol. The highest BCUT2D eigenvalue weighted by Gasteiger charge is 2.14. The Hall–Kier alpha value is -1.32. The topological polar surface area (TPSA) is 74.6 Å². The molecule has 1 unspecified atom stereocenters. The third-order valence-electron chi connectivity index (χ3n) is 2.51. The molecule has 0 aromatic carbocycles. The summed E-state index contributed by atoms with van der Waals surface area (Å²) in [5.41, 5.74) is -0.00421. The molecule has 0 saturated heterocycles. The van der Waals surface area contributed by atoms with E-state index in [9.17, 15) is 9.59 Å². The van der Waals surface area contributed by atoms with E-state index in [1.165, 1.54) is 0 Å². The molecule has 0 rings (SSSR count). The van der Waals surface area contributed by atoms with Gasteiger partial charge in [0.1, 0.15) is 0 Å². The number of hydrogen-bond donors (Lipinski definition) is 2. The van der Waals surface area contributed by atoms with Crippen molar-refractivity contribution in [2.75, 3.05) is 0 Å². The zero-order valence-electron chi connectivity index (χ0n) is 9.90. The van der Waals surface area contributed by atoms with Crippen molar-refractivity contribution < 1.29 is 19.8 Å². The van der Waals surface area contributed by atoms with Gasteiger partial charge in [-0.25, -0.2) is 4.79 Å². The van der Waals surface area contributed by atoms with Gasteiger partial charge < -0.3 is 10.2 Å². The maximum atomic E-state index is 10.8. The van der Waals surface area contributed by atoms with E-state index in [4.69, 9.17) is 10.2 Å². The summed E-state index contributed by atoms with van der Waals surface area (Å²) in [6.45, 7) is 4.06. The first-order chi connectivity index (χ1) is 7.51. The third kappa shape index (κ3) is 6.22. The first-order valence-electron chi connectivity index (χ1n) is 5.67. The van der Waals surface area contributed by atoms with Gasteiger partial charge in [0.15, 0.2) is 0 Å². The van der Waals surface area contributed by atoms with Crippen LogP contribution in [-0.4, -0.2) is 22.2 Å². The fraction of sp³-hybridized carbons (Fsp3) is 0.667. The van der Waals surface area contributed by atoms with Crippen LogP contribution >= 0.6 is 0 Å². The highest BCUT2D eigenvalue weighted by Crippen LogP contribution is 2.17. The molecule has 0 bridgehead atoms. The van der Waals surface area contributed by atoms with Crippen molar-refractivity contribution >= 4 is 11.9 Å². The molecular formula is C12H20O4. The molecule has 0 radical (unpaired) electrons. The van der Waals surface area contributed by atoms with E-state index in [2.05, 4.69) is 6.92 Å². The second-order valence-corrected chi connectivity index (χ2v) is 3.88. The van der Waals surface area contributed by atoms with Crippen LogP contribution in [0.3, 0.4) is 0 Å². The average Bonchev–Trinajstić information content (AvgIpc) is 2.21. The van der Waals surface area contributed by atoms with Crippen molar-refractivity contribution in [2.45, 2.75) is 46.0 Å². The van der Waals surface area contributed by atoms with E-state index < -0.39 is 18.4 Å². The smallest absolute Gasteiger partial charge is 0.331 e. The summed E-state index contributed by atoms with van der Waals surface area (Å²) in [5.74, 6) is -2.05. The van der Waals surface area contributed by atoms with Gasteiger partial charge in [0.05, 0.1) is 6.42 Å². The number of carboxylic acids is 2. The van der Waals surface area contributed by atoms with E-state index >= 15 is 0 Å². The van der Waals surface area contributed by atoms with Crippen molar-refractivity contribution in [3.8, 4) is 0 Å². The predicted octanol–water partition coefficient (Wildman–Crippen LogP) is 2.69. The van der Waals surface area contributed by atoms with Crippen LogP contribution in [0.2, 0.25) is 0 Å². The van der Waals surface area contributed by atoms with Gasteiger partial charge >= 0.3 is 11.9 Å². The summed E-state index contributed by atoms with van der Waals surface area (Å²) >= 11 is 0. The zero-order valence-corrected chi connectivity index (χ0v) is 9.90. The Balaban J connectivity index is 4.58. The lowest BCUT2D eigenvalue weighted by Crippen LogP contribution is -2.09. The molecule has 0 aliphatic rings. The molecule has 0 aliphatic carbocycles. The molecule has 0 amide bonds. The minimum Gasteiger partial charge on any atom is -0.481 e. The van der Waals surface area contributed by atoms with Crippen LogP contribution in [-0.2, 0) is 9.59 Å². The highest BCUT2D eigenvalue weighted by molar-refractivity contribution is 5.92. The number of carbonyl (C=O) groups is 2. The first-order valence-corrected chi connectivity index (χ1v) is 5.67. The number of unbranched alkanes of at least 4 members (excludes halogenated alkanes) is 1. The normalized spacial score (nSPS) is 13.5. The molecule has 0 aliphatic heterocycles. The molecule has 4 nitrogen and oxygen atoms in total. The summed E-state index contributed by atoms with van der Waals surface area (Å²) in [6.07, 6.45) is 5.06. The lowest BCUT2D eigenvalue weighted by atomic mass is 9.95. The van der Waals surface area contributed by atoms with Crippen molar-refractivity contribution in [1.29, 1.82) is 0 Å². The second-order valence-electron chi connectivity index (χ2n) is 3.88. The Labute approximate surface area is 96.0 Å². The molecule has 0 aromatic heterocycles. The van der Waals surface area contributed by atoms with Gasteiger partial charge in [-0.2, -0.15) is 0 Å². The SMILES string of the molecule is CCCCC(C=C(CC(=O)O)C(=O)O)CC. The molecular weight excluding hydrogens is 208 g/mol. The maximum absolute atomic E-state index is 10.8. The van der Waals surface area contributed by atoms with Crippen LogP contribution in [0.5, 0.6) is 0 Å². The Morgan fingerprint density at radius 2 is 1.88 bits per heavy atom. The van der Waals surface area contributed by atoms with Crippen LogP contribution in [0.1, 0.15) is 46.0 Å². The lowest BCUT2D eigenvalue weighted by molar-refractivity contribution is -0.139. The Kier molecular flexibility index (Phi) is 7.25. The number of hydrogen-bond acceptors (Lipinski definition) is 2. The molecule has 92 valence electrons. The minimum absolute atomic E-state index is 0.00421. The third-order valence-corrected chi connectivity index (χ3v) is 2.51. The number of aliphatic carboxylic acids is 2. The van der Waals surface area contributed by atoms with E-state index in [0.717, 1.165) is 25.7 Å². The fourth-order valence-electron chi connectivity index (χ4n) is 1.52. The summed E-state index contributed by atoms with van der Waals surface area (Å²) in [6, 6.07) is 0. The number of carboxylic acid groups (broad SMARTS) is 2. The quantitative estimate of drug-likeness (QED) is 0.626. The van der Waals surface area contributed by atoms with Gasteiger partial charge in [-0.15, -0.1) is 0 Å². The highest BCUT2D eigenvalue weighted by atomic mass is 16.4. The van der Waals surface area contributed by atoms with Gasteiger partial charge in [0.25, 0.3) is 0 Å². The Morgan fingerprint density at radius 3 is 2.25 bits per heavy atom. The first kappa shape index (κ1) is 14.7. The molecule has 0 aromatic rings. The van der Waals surface area contributed by atoms with Crippen molar-refractivity contribution in [3.05, 3.63) is 11.6 Å². The van der Waals surface area contributed by atoms with Gasteiger partial charge in [-0.3, -0.25) is 4.79 Å². The molecule has 2 N–H and O–H groups in total. The van der Waals surface area contributed by atoms with Crippen LogP contribution in [0.25, 0.3) is 0 Å². The Morgan fingerprint density at radius 1 is 1.25 bits per heavy atom. The van der Waals surface area contributed by atoms with Crippen LogP contribution < -0.4 is 0 Å². The maximum Gasteiger partial charge on any atom is 0.331 e. The van der Waals surface area contributed by atoms with Crippen LogP contribution in [0.4, 0.5) is 0 Å². The van der Waals surface area contributed by atoms with E-state index in [1.54, 1.807) is 6.08 Å². The summed E-state index contributed by atoms with van der Waals surface area (Å²) < 4.78 is 0. The summed E-state index contributed by atoms with van der Waals surface area (Å²) in [4.78, 5) is 21.3. The standard InChI is InChI=1S/C12H20O4/c1-3-5-6-9(4-2)7-10(12(15)16)8-11(13)14/h7,9H,3-6,8H2,1-2H3,(H,13,14)(H,15,16).